The smallest absolute Gasteiger partial charge is 0.257 e. The second-order valence-corrected chi connectivity index (χ2v) is 10.1. The summed E-state index contributed by atoms with van der Waals surface area (Å²) in [7, 11) is 0. The Labute approximate surface area is 197 Å². The Balaban J connectivity index is 1.23. The molecule has 4 heterocycles. The van der Waals surface area contributed by atoms with Crippen molar-refractivity contribution >= 4 is 39.9 Å². The molecule has 3 aliphatic rings. The molecule has 1 unspecified atom stereocenters. The number of hydrogen-bond acceptors (Lipinski definition) is 6. The molecule has 1 N–H and O–H groups in total. The summed E-state index contributed by atoms with van der Waals surface area (Å²) in [6.45, 7) is 5.17. The van der Waals surface area contributed by atoms with Gasteiger partial charge in [0.1, 0.15) is 5.66 Å². The van der Waals surface area contributed by atoms with Crippen LogP contribution >= 0.6 is 11.3 Å². The lowest BCUT2D eigenvalue weighted by Gasteiger charge is -2.48. The molecule has 0 saturated carbocycles. The largest absolute Gasteiger partial charge is 0.315 e. The highest BCUT2D eigenvalue weighted by atomic mass is 32.1. The van der Waals surface area contributed by atoms with E-state index in [4.69, 9.17) is 0 Å². The quantitative estimate of drug-likeness (QED) is 0.703. The van der Waals surface area contributed by atoms with Crippen molar-refractivity contribution in [2.75, 3.05) is 29.9 Å². The van der Waals surface area contributed by atoms with E-state index in [1.165, 1.54) is 30.6 Å². The average Bonchev–Trinajstić information content (AvgIpc) is 3.37. The van der Waals surface area contributed by atoms with Gasteiger partial charge in [-0.15, -0.1) is 11.3 Å². The number of para-hydroxylation sites is 1. The number of benzene rings is 1. The average molecular weight is 468 g/mol. The summed E-state index contributed by atoms with van der Waals surface area (Å²) in [5.41, 5.74) is 1.41. The zero-order valence-electron chi connectivity index (χ0n) is 18.9. The standard InChI is InChI=1S/C24H29N5O3S/c1-24-11-9-21(31)29(24)19-8-4-3-7-18(19)22(32)28(24)14-10-20(30)26-23-25-17(16-33-23)15-27-12-5-2-6-13-27/h3-4,7-8,16H,2,5-6,9-15H2,1H3,(H,25,26,30). The predicted octanol–water partition coefficient (Wildman–Crippen LogP) is 3.46. The number of nitrogens with one attached hydrogen (secondary N) is 1. The van der Waals surface area contributed by atoms with Gasteiger partial charge in [-0.2, -0.15) is 0 Å². The van der Waals surface area contributed by atoms with Gasteiger partial charge in [0.25, 0.3) is 5.91 Å². The number of fused-ring (bicyclic) bond motifs is 3. The maximum atomic E-state index is 13.3. The third-order valence-electron chi connectivity index (χ3n) is 6.94. The van der Waals surface area contributed by atoms with E-state index in [9.17, 15) is 14.4 Å². The highest BCUT2D eigenvalue weighted by Gasteiger charge is 2.52. The van der Waals surface area contributed by atoms with Crippen molar-refractivity contribution in [3.05, 3.63) is 40.9 Å². The predicted molar refractivity (Wildman–Crippen MR) is 127 cm³/mol. The van der Waals surface area contributed by atoms with Crippen molar-refractivity contribution in [3.63, 3.8) is 0 Å². The maximum absolute atomic E-state index is 13.3. The molecule has 1 aromatic heterocycles. The van der Waals surface area contributed by atoms with Crippen LogP contribution in [0.25, 0.3) is 0 Å². The van der Waals surface area contributed by atoms with Crippen LogP contribution in [0, 0.1) is 0 Å². The first kappa shape index (κ1) is 22.0. The highest BCUT2D eigenvalue weighted by Crippen LogP contribution is 2.44. The number of amides is 3. The molecule has 9 heteroatoms. The molecule has 8 nitrogen and oxygen atoms in total. The van der Waals surface area contributed by atoms with Gasteiger partial charge in [0, 0.05) is 31.3 Å². The number of aromatic nitrogens is 1. The fourth-order valence-corrected chi connectivity index (χ4v) is 5.94. The van der Waals surface area contributed by atoms with Gasteiger partial charge in [-0.1, -0.05) is 18.6 Å². The Morgan fingerprint density at radius 3 is 2.79 bits per heavy atom. The molecule has 0 spiro atoms. The molecule has 0 bridgehead atoms. The molecule has 33 heavy (non-hydrogen) atoms. The van der Waals surface area contributed by atoms with Crippen LogP contribution in [0.1, 0.15) is 61.5 Å². The van der Waals surface area contributed by atoms with Crippen LogP contribution in [0.4, 0.5) is 10.8 Å². The summed E-state index contributed by atoms with van der Waals surface area (Å²) in [6.07, 6.45) is 4.85. The number of carbonyl (C=O) groups excluding carboxylic acids is 3. The van der Waals surface area contributed by atoms with Crippen molar-refractivity contribution in [1.29, 1.82) is 0 Å². The van der Waals surface area contributed by atoms with Crippen LogP contribution in [0.2, 0.25) is 0 Å². The third-order valence-corrected chi connectivity index (χ3v) is 7.75. The SMILES string of the molecule is CC12CCC(=O)N1c1ccccc1C(=O)N2CCC(=O)Nc1nc(CN2CCCCC2)cs1. The van der Waals surface area contributed by atoms with E-state index in [-0.39, 0.29) is 30.7 Å². The highest BCUT2D eigenvalue weighted by molar-refractivity contribution is 7.13. The fraction of sp³-hybridized carbons (Fsp3) is 0.500. The normalized spacial score (nSPS) is 22.9. The van der Waals surface area contributed by atoms with E-state index in [1.807, 2.05) is 24.4 Å². The summed E-state index contributed by atoms with van der Waals surface area (Å²) in [6, 6.07) is 7.21. The minimum Gasteiger partial charge on any atom is -0.315 e. The first-order chi connectivity index (χ1) is 16.0. The van der Waals surface area contributed by atoms with E-state index in [0.717, 1.165) is 25.3 Å². The summed E-state index contributed by atoms with van der Waals surface area (Å²) in [5, 5.41) is 5.47. The van der Waals surface area contributed by atoms with Crippen molar-refractivity contribution < 1.29 is 14.4 Å². The molecule has 2 saturated heterocycles. The van der Waals surface area contributed by atoms with Gasteiger partial charge in [0.15, 0.2) is 5.13 Å². The second kappa shape index (κ2) is 8.87. The van der Waals surface area contributed by atoms with Gasteiger partial charge >= 0.3 is 0 Å². The van der Waals surface area contributed by atoms with Gasteiger partial charge in [0.05, 0.1) is 16.9 Å². The number of likely N-dealkylation sites (tertiary alicyclic amines) is 1. The Bertz CT molecular complexity index is 1080. The van der Waals surface area contributed by atoms with Gasteiger partial charge in [-0.25, -0.2) is 4.98 Å². The van der Waals surface area contributed by atoms with E-state index < -0.39 is 5.66 Å². The first-order valence-electron chi connectivity index (χ1n) is 11.7. The van der Waals surface area contributed by atoms with E-state index in [2.05, 4.69) is 15.2 Å². The molecular weight excluding hydrogens is 438 g/mol. The first-order valence-corrected chi connectivity index (χ1v) is 12.5. The van der Waals surface area contributed by atoms with E-state index in [1.54, 1.807) is 21.9 Å². The molecule has 2 fully saturated rings. The molecule has 174 valence electrons. The molecule has 2 aromatic rings. The monoisotopic (exact) mass is 467 g/mol. The number of anilines is 2. The summed E-state index contributed by atoms with van der Waals surface area (Å²) in [4.78, 5) is 49.0. The molecule has 5 rings (SSSR count). The number of carbonyl (C=O) groups is 3. The van der Waals surface area contributed by atoms with E-state index >= 15 is 0 Å². The third kappa shape index (κ3) is 4.15. The van der Waals surface area contributed by atoms with Crippen molar-refractivity contribution in [3.8, 4) is 0 Å². The van der Waals surface area contributed by atoms with Crippen LogP contribution < -0.4 is 10.2 Å². The van der Waals surface area contributed by atoms with Crippen molar-refractivity contribution in [1.82, 2.24) is 14.8 Å². The summed E-state index contributed by atoms with van der Waals surface area (Å²) >= 11 is 1.43. The summed E-state index contributed by atoms with van der Waals surface area (Å²) < 4.78 is 0. The van der Waals surface area contributed by atoms with Crippen molar-refractivity contribution in [2.24, 2.45) is 0 Å². The molecule has 3 aliphatic heterocycles. The lowest BCUT2D eigenvalue weighted by Crippen LogP contribution is -2.62. The van der Waals surface area contributed by atoms with Crippen LogP contribution in [0.15, 0.2) is 29.6 Å². The van der Waals surface area contributed by atoms with Crippen LogP contribution in [-0.4, -0.2) is 57.8 Å². The van der Waals surface area contributed by atoms with Crippen LogP contribution in [0.5, 0.6) is 0 Å². The number of nitrogens with zero attached hydrogens (tertiary/aromatic N) is 4. The number of piperidine rings is 1. The minimum atomic E-state index is -0.744. The van der Waals surface area contributed by atoms with Gasteiger partial charge in [-0.05, 0) is 51.4 Å². The minimum absolute atomic E-state index is 0.0101. The molecular formula is C24H29N5O3S. The van der Waals surface area contributed by atoms with Gasteiger partial charge < -0.3 is 10.2 Å². The Morgan fingerprint density at radius 1 is 1.18 bits per heavy atom. The number of hydrogen-bond donors (Lipinski definition) is 1. The fourth-order valence-electron chi connectivity index (χ4n) is 5.22. The van der Waals surface area contributed by atoms with Crippen LogP contribution in [0.3, 0.4) is 0 Å². The molecule has 0 radical (unpaired) electrons. The van der Waals surface area contributed by atoms with Gasteiger partial charge in [-0.3, -0.25) is 24.2 Å². The zero-order valence-corrected chi connectivity index (χ0v) is 19.7. The van der Waals surface area contributed by atoms with E-state index in [0.29, 0.717) is 29.2 Å². The molecule has 1 atom stereocenters. The second-order valence-electron chi connectivity index (χ2n) is 9.20. The van der Waals surface area contributed by atoms with Crippen LogP contribution in [-0.2, 0) is 16.1 Å². The Morgan fingerprint density at radius 2 is 1.97 bits per heavy atom. The molecule has 0 aliphatic carbocycles. The Hall–Kier alpha value is -2.78. The number of rotatable bonds is 6. The molecule has 3 amide bonds. The Kier molecular flexibility index (Phi) is 5.92. The lowest BCUT2D eigenvalue weighted by molar-refractivity contribution is -0.117. The van der Waals surface area contributed by atoms with Gasteiger partial charge in [0.2, 0.25) is 11.8 Å². The molecule has 1 aromatic carbocycles. The summed E-state index contributed by atoms with van der Waals surface area (Å²) in [5.74, 6) is -0.305. The zero-order chi connectivity index (χ0) is 23.0. The number of thiazole rings is 1. The van der Waals surface area contributed by atoms with Crippen molar-refractivity contribution in [2.45, 2.75) is 57.7 Å². The lowest BCUT2D eigenvalue weighted by atomic mass is 9.98. The maximum Gasteiger partial charge on any atom is 0.257 e. The topological polar surface area (TPSA) is 85.8 Å².